The minimum absolute atomic E-state index is 0.649. The monoisotopic (exact) mass is 229 g/mol. The Labute approximate surface area is 102 Å². The minimum atomic E-state index is 0.649. The van der Waals surface area contributed by atoms with Crippen LogP contribution < -0.4 is 5.73 Å². The largest absolute Gasteiger partial charge is 0.398 e. The first-order valence-corrected chi connectivity index (χ1v) is 6.08. The predicted octanol–water partition coefficient (Wildman–Crippen LogP) is 3.18. The quantitative estimate of drug-likeness (QED) is 0.818. The van der Waals surface area contributed by atoms with Crippen LogP contribution in [0.4, 0.5) is 5.69 Å². The van der Waals surface area contributed by atoms with Gasteiger partial charge in [0.25, 0.3) is 0 Å². The molecule has 3 nitrogen and oxygen atoms in total. The second kappa shape index (κ2) is 5.04. The molecule has 0 aliphatic rings. The van der Waals surface area contributed by atoms with Crippen LogP contribution in [0.1, 0.15) is 20.3 Å². The minimum Gasteiger partial charge on any atom is -0.398 e. The molecule has 0 bridgehead atoms. The van der Waals surface area contributed by atoms with E-state index in [1.165, 1.54) is 6.42 Å². The van der Waals surface area contributed by atoms with E-state index in [2.05, 4.69) is 25.1 Å². The van der Waals surface area contributed by atoms with Crippen molar-refractivity contribution in [3.8, 4) is 11.1 Å². The molecule has 2 rings (SSSR count). The molecular weight excluding hydrogens is 210 g/mol. The van der Waals surface area contributed by atoms with Gasteiger partial charge in [-0.25, -0.2) is 0 Å². The number of aromatic nitrogens is 2. The van der Waals surface area contributed by atoms with Crippen LogP contribution in [0.15, 0.2) is 36.7 Å². The lowest BCUT2D eigenvalue weighted by Gasteiger charge is -2.07. The van der Waals surface area contributed by atoms with Crippen molar-refractivity contribution in [2.45, 2.75) is 26.8 Å². The van der Waals surface area contributed by atoms with Gasteiger partial charge in [0.1, 0.15) is 0 Å². The Hall–Kier alpha value is -1.77. The number of hydrogen-bond donors (Lipinski definition) is 1. The number of benzene rings is 1. The lowest BCUT2D eigenvalue weighted by Crippen LogP contribution is -2.06. The van der Waals surface area contributed by atoms with E-state index in [1.54, 1.807) is 0 Å². The van der Waals surface area contributed by atoms with Crippen molar-refractivity contribution in [3.05, 3.63) is 36.7 Å². The smallest absolute Gasteiger partial charge is 0.0569 e. The summed E-state index contributed by atoms with van der Waals surface area (Å²) < 4.78 is 2.00. The average molecular weight is 229 g/mol. The van der Waals surface area contributed by atoms with Crippen molar-refractivity contribution in [2.75, 3.05) is 5.73 Å². The third-order valence-electron chi connectivity index (χ3n) is 3.10. The predicted molar refractivity (Wildman–Crippen MR) is 71.5 cm³/mol. The average Bonchev–Trinajstić information content (AvgIpc) is 2.78. The number of hydrogen-bond acceptors (Lipinski definition) is 2. The van der Waals surface area contributed by atoms with Gasteiger partial charge >= 0.3 is 0 Å². The summed E-state index contributed by atoms with van der Waals surface area (Å²) in [5, 5.41) is 4.38. The first-order chi connectivity index (χ1) is 8.20. The van der Waals surface area contributed by atoms with Crippen molar-refractivity contribution in [1.82, 2.24) is 9.78 Å². The van der Waals surface area contributed by atoms with Crippen LogP contribution in [0.25, 0.3) is 11.1 Å². The zero-order valence-corrected chi connectivity index (χ0v) is 10.4. The molecule has 90 valence electrons. The van der Waals surface area contributed by atoms with E-state index >= 15 is 0 Å². The fraction of sp³-hybridized carbons (Fsp3) is 0.357. The number of para-hydroxylation sites is 1. The lowest BCUT2D eigenvalue weighted by atomic mass is 10.1. The van der Waals surface area contributed by atoms with Crippen LogP contribution in [-0.4, -0.2) is 9.78 Å². The van der Waals surface area contributed by atoms with E-state index in [-0.39, 0.29) is 0 Å². The molecule has 0 radical (unpaired) electrons. The Morgan fingerprint density at radius 1 is 1.35 bits per heavy atom. The molecule has 1 aromatic carbocycles. The second-order valence-corrected chi connectivity index (χ2v) is 4.55. The highest BCUT2D eigenvalue weighted by Crippen LogP contribution is 2.24. The fourth-order valence-electron chi connectivity index (χ4n) is 1.81. The van der Waals surface area contributed by atoms with Gasteiger partial charge in [-0.2, -0.15) is 5.10 Å². The van der Waals surface area contributed by atoms with Gasteiger partial charge < -0.3 is 5.73 Å². The molecule has 3 heteroatoms. The summed E-state index contributed by atoms with van der Waals surface area (Å²) in [6.07, 6.45) is 5.12. The van der Waals surface area contributed by atoms with Gasteiger partial charge in [0, 0.05) is 29.6 Å². The van der Waals surface area contributed by atoms with Crippen LogP contribution in [-0.2, 0) is 6.54 Å². The second-order valence-electron chi connectivity index (χ2n) is 4.55. The molecule has 2 aromatic rings. The van der Waals surface area contributed by atoms with Gasteiger partial charge in [-0.15, -0.1) is 0 Å². The SMILES string of the molecule is CCC(C)Cn1cc(-c2ccccc2N)cn1. The molecule has 1 unspecified atom stereocenters. The maximum atomic E-state index is 5.95. The Bertz CT molecular complexity index is 488. The number of nitrogens with two attached hydrogens (primary N) is 1. The lowest BCUT2D eigenvalue weighted by molar-refractivity contribution is 0.439. The molecule has 0 fully saturated rings. The Morgan fingerprint density at radius 3 is 2.82 bits per heavy atom. The molecular formula is C14H19N3. The van der Waals surface area contributed by atoms with Crippen LogP contribution in [0, 0.1) is 5.92 Å². The zero-order valence-electron chi connectivity index (χ0n) is 10.4. The molecule has 0 saturated heterocycles. The summed E-state index contributed by atoms with van der Waals surface area (Å²) in [6, 6.07) is 7.89. The van der Waals surface area contributed by atoms with Crippen molar-refractivity contribution >= 4 is 5.69 Å². The Morgan fingerprint density at radius 2 is 2.12 bits per heavy atom. The summed E-state index contributed by atoms with van der Waals surface area (Å²) in [5.74, 6) is 0.649. The van der Waals surface area contributed by atoms with Crippen LogP contribution >= 0.6 is 0 Å². The molecule has 0 saturated carbocycles. The molecule has 0 aliphatic heterocycles. The summed E-state index contributed by atoms with van der Waals surface area (Å²) in [6.45, 7) is 5.39. The molecule has 0 spiro atoms. The van der Waals surface area contributed by atoms with Crippen molar-refractivity contribution < 1.29 is 0 Å². The van der Waals surface area contributed by atoms with E-state index in [0.29, 0.717) is 5.92 Å². The number of rotatable bonds is 4. The van der Waals surface area contributed by atoms with Gasteiger partial charge in [-0.3, -0.25) is 4.68 Å². The van der Waals surface area contributed by atoms with Crippen molar-refractivity contribution in [1.29, 1.82) is 0 Å². The number of nitrogens with zero attached hydrogens (tertiary/aromatic N) is 2. The van der Waals surface area contributed by atoms with Gasteiger partial charge in [0.15, 0.2) is 0 Å². The highest BCUT2D eigenvalue weighted by molar-refractivity contribution is 5.75. The molecule has 1 atom stereocenters. The van der Waals surface area contributed by atoms with Crippen molar-refractivity contribution in [2.24, 2.45) is 5.92 Å². The van der Waals surface area contributed by atoms with E-state index in [1.807, 2.05) is 35.1 Å². The van der Waals surface area contributed by atoms with Gasteiger partial charge in [-0.1, -0.05) is 38.5 Å². The number of anilines is 1. The van der Waals surface area contributed by atoms with Crippen molar-refractivity contribution in [3.63, 3.8) is 0 Å². The van der Waals surface area contributed by atoms with Gasteiger partial charge in [0.2, 0.25) is 0 Å². The molecule has 0 amide bonds. The summed E-state index contributed by atoms with van der Waals surface area (Å²) >= 11 is 0. The molecule has 1 aromatic heterocycles. The highest BCUT2D eigenvalue weighted by atomic mass is 15.3. The maximum Gasteiger partial charge on any atom is 0.0569 e. The van der Waals surface area contributed by atoms with E-state index in [9.17, 15) is 0 Å². The Kier molecular flexibility index (Phi) is 3.47. The van der Waals surface area contributed by atoms with Crippen LogP contribution in [0.5, 0.6) is 0 Å². The third-order valence-corrected chi connectivity index (χ3v) is 3.10. The first kappa shape index (κ1) is 11.7. The maximum absolute atomic E-state index is 5.95. The van der Waals surface area contributed by atoms with Crippen LogP contribution in [0.3, 0.4) is 0 Å². The Balaban J connectivity index is 2.21. The first-order valence-electron chi connectivity index (χ1n) is 6.08. The fourth-order valence-corrected chi connectivity index (χ4v) is 1.81. The molecule has 2 N–H and O–H groups in total. The highest BCUT2D eigenvalue weighted by Gasteiger charge is 2.06. The summed E-state index contributed by atoms with van der Waals surface area (Å²) in [5.41, 5.74) is 8.90. The third kappa shape index (κ3) is 2.67. The standard InChI is InChI=1S/C14H19N3/c1-3-11(2)9-17-10-12(8-16-17)13-6-4-5-7-14(13)15/h4-8,10-11H,3,9,15H2,1-2H3. The molecule has 17 heavy (non-hydrogen) atoms. The number of nitrogen functional groups attached to an aromatic ring is 1. The zero-order chi connectivity index (χ0) is 12.3. The van der Waals surface area contributed by atoms with E-state index in [0.717, 1.165) is 23.4 Å². The van der Waals surface area contributed by atoms with E-state index < -0.39 is 0 Å². The summed E-state index contributed by atoms with van der Waals surface area (Å²) in [7, 11) is 0. The topological polar surface area (TPSA) is 43.8 Å². The molecule has 0 aliphatic carbocycles. The normalized spacial score (nSPS) is 12.6. The van der Waals surface area contributed by atoms with E-state index in [4.69, 9.17) is 5.73 Å². The van der Waals surface area contributed by atoms with Gasteiger partial charge in [0.05, 0.1) is 6.20 Å². The molecule has 1 heterocycles. The van der Waals surface area contributed by atoms with Crippen LogP contribution in [0.2, 0.25) is 0 Å². The summed E-state index contributed by atoms with van der Waals surface area (Å²) in [4.78, 5) is 0. The van der Waals surface area contributed by atoms with Gasteiger partial charge in [-0.05, 0) is 12.0 Å².